The maximum absolute atomic E-state index is 9.05. The highest BCUT2D eigenvalue weighted by atomic mass is 16.5. The Morgan fingerprint density at radius 2 is 2.32 bits per heavy atom. The molecule has 2 aromatic rings. The lowest BCUT2D eigenvalue weighted by Crippen LogP contribution is -2.11. The Balaban J connectivity index is 2.00. The van der Waals surface area contributed by atoms with E-state index in [1.807, 2.05) is 30.1 Å². The minimum Gasteiger partial charge on any atom is -0.497 e. The van der Waals surface area contributed by atoms with E-state index in [-0.39, 0.29) is 0 Å². The number of methoxy groups -OCH3 is 1. The van der Waals surface area contributed by atoms with Gasteiger partial charge in [-0.2, -0.15) is 10.4 Å². The molecule has 0 aliphatic rings. The predicted octanol–water partition coefficient (Wildman–Crippen LogP) is 2.18. The van der Waals surface area contributed by atoms with Crippen LogP contribution >= 0.6 is 0 Å². The van der Waals surface area contributed by atoms with Crippen molar-refractivity contribution >= 4 is 5.69 Å². The molecule has 0 saturated heterocycles. The Morgan fingerprint density at radius 1 is 1.47 bits per heavy atom. The summed E-state index contributed by atoms with van der Waals surface area (Å²) in [6.07, 6.45) is 3.81. The van der Waals surface area contributed by atoms with Crippen LogP contribution in [0.4, 0.5) is 5.69 Å². The number of hydrogen-bond acceptors (Lipinski definition) is 4. The molecular weight excluding hydrogens is 240 g/mol. The van der Waals surface area contributed by atoms with Crippen molar-refractivity contribution in [2.45, 2.75) is 13.5 Å². The van der Waals surface area contributed by atoms with Crippen molar-refractivity contribution < 1.29 is 4.74 Å². The molecule has 0 aliphatic carbocycles. The third-order valence-electron chi connectivity index (χ3n) is 2.77. The second-order valence-corrected chi connectivity index (χ2v) is 4.23. The maximum Gasteiger partial charge on any atom is 0.121 e. The van der Waals surface area contributed by atoms with Gasteiger partial charge in [0.15, 0.2) is 0 Å². The van der Waals surface area contributed by atoms with Crippen molar-refractivity contribution in [1.82, 2.24) is 9.78 Å². The van der Waals surface area contributed by atoms with Gasteiger partial charge in [0, 0.05) is 18.8 Å². The van der Waals surface area contributed by atoms with Gasteiger partial charge in [-0.15, -0.1) is 0 Å². The van der Waals surface area contributed by atoms with E-state index in [1.165, 1.54) is 0 Å². The Hall–Kier alpha value is -2.48. The molecule has 5 heteroatoms. The van der Waals surface area contributed by atoms with E-state index in [9.17, 15) is 0 Å². The first-order chi connectivity index (χ1) is 9.22. The number of hydrogen-bond donors (Lipinski definition) is 1. The fraction of sp³-hybridized carbons (Fsp3) is 0.286. The van der Waals surface area contributed by atoms with E-state index in [0.717, 1.165) is 23.5 Å². The molecule has 0 spiro atoms. The number of rotatable bonds is 5. The van der Waals surface area contributed by atoms with E-state index in [2.05, 4.69) is 16.5 Å². The smallest absolute Gasteiger partial charge is 0.121 e. The molecule has 0 amide bonds. The van der Waals surface area contributed by atoms with Crippen molar-refractivity contribution in [2.24, 2.45) is 0 Å². The van der Waals surface area contributed by atoms with Gasteiger partial charge in [-0.1, -0.05) is 0 Å². The van der Waals surface area contributed by atoms with E-state index in [0.29, 0.717) is 12.1 Å². The summed E-state index contributed by atoms with van der Waals surface area (Å²) in [4.78, 5) is 0. The molecule has 5 nitrogen and oxygen atoms in total. The zero-order chi connectivity index (χ0) is 13.7. The fourth-order valence-electron chi connectivity index (χ4n) is 1.79. The zero-order valence-corrected chi connectivity index (χ0v) is 11.1. The summed E-state index contributed by atoms with van der Waals surface area (Å²) >= 11 is 0. The summed E-state index contributed by atoms with van der Waals surface area (Å²) in [6, 6.07) is 7.51. The zero-order valence-electron chi connectivity index (χ0n) is 11.1. The lowest BCUT2D eigenvalue weighted by molar-refractivity contribution is 0.415. The first kappa shape index (κ1) is 13.0. The summed E-state index contributed by atoms with van der Waals surface area (Å²) in [5.74, 6) is 0.733. The quantitative estimate of drug-likeness (QED) is 0.890. The highest BCUT2D eigenvalue weighted by Crippen LogP contribution is 2.21. The summed E-state index contributed by atoms with van der Waals surface area (Å²) in [7, 11) is 1.61. The van der Waals surface area contributed by atoms with Crippen LogP contribution in [0.3, 0.4) is 0 Å². The largest absolute Gasteiger partial charge is 0.497 e. The highest BCUT2D eigenvalue weighted by molar-refractivity contribution is 5.60. The normalized spacial score (nSPS) is 9.95. The van der Waals surface area contributed by atoms with Gasteiger partial charge in [0.1, 0.15) is 11.8 Å². The first-order valence-corrected chi connectivity index (χ1v) is 6.04. The first-order valence-electron chi connectivity index (χ1n) is 6.04. The lowest BCUT2D eigenvalue weighted by Gasteiger charge is -2.10. The van der Waals surface area contributed by atoms with Crippen LogP contribution in [0.25, 0.3) is 0 Å². The summed E-state index contributed by atoms with van der Waals surface area (Å²) in [5.41, 5.74) is 2.53. The maximum atomic E-state index is 9.05. The van der Waals surface area contributed by atoms with Crippen molar-refractivity contribution in [3.05, 3.63) is 41.7 Å². The van der Waals surface area contributed by atoms with Gasteiger partial charge in [0.05, 0.1) is 31.1 Å². The minimum atomic E-state index is 0.609. The van der Waals surface area contributed by atoms with Crippen LogP contribution < -0.4 is 10.1 Å². The number of ether oxygens (including phenoxy) is 1. The number of nitriles is 1. The van der Waals surface area contributed by atoms with Crippen molar-refractivity contribution in [3.8, 4) is 11.8 Å². The lowest BCUT2D eigenvalue weighted by atomic mass is 10.2. The molecule has 0 fully saturated rings. The highest BCUT2D eigenvalue weighted by Gasteiger charge is 2.03. The number of aromatic nitrogens is 2. The molecule has 2 rings (SSSR count). The van der Waals surface area contributed by atoms with Gasteiger partial charge in [-0.25, -0.2) is 0 Å². The standard InChI is InChI=1S/C14H16N4O/c1-11-9-17-18(10-11)6-5-16-14-7-13(19-2)4-3-12(14)8-15/h3-4,7,9-10,16H,5-6H2,1-2H3. The van der Waals surface area contributed by atoms with Crippen LogP contribution in [0, 0.1) is 18.3 Å². The second-order valence-electron chi connectivity index (χ2n) is 4.23. The number of nitrogens with one attached hydrogen (secondary N) is 1. The topological polar surface area (TPSA) is 62.9 Å². The molecule has 1 N–H and O–H groups in total. The van der Waals surface area contributed by atoms with Crippen LogP contribution in [0.2, 0.25) is 0 Å². The third kappa shape index (κ3) is 3.26. The minimum absolute atomic E-state index is 0.609. The molecule has 0 unspecified atom stereocenters. The van der Waals surface area contributed by atoms with Crippen LogP contribution in [0.5, 0.6) is 5.75 Å². The van der Waals surface area contributed by atoms with Crippen molar-refractivity contribution in [2.75, 3.05) is 19.0 Å². The average Bonchev–Trinajstić information content (AvgIpc) is 2.84. The van der Waals surface area contributed by atoms with Gasteiger partial charge in [-0.05, 0) is 24.6 Å². The average molecular weight is 256 g/mol. The second kappa shape index (κ2) is 5.91. The van der Waals surface area contributed by atoms with E-state index < -0.39 is 0 Å². The third-order valence-corrected chi connectivity index (χ3v) is 2.77. The van der Waals surface area contributed by atoms with E-state index >= 15 is 0 Å². The monoisotopic (exact) mass is 256 g/mol. The number of nitrogens with zero attached hydrogens (tertiary/aromatic N) is 3. The number of benzene rings is 1. The molecule has 0 radical (unpaired) electrons. The van der Waals surface area contributed by atoms with Gasteiger partial charge < -0.3 is 10.1 Å². The Bertz CT molecular complexity index is 598. The van der Waals surface area contributed by atoms with Crippen molar-refractivity contribution in [1.29, 1.82) is 5.26 Å². The van der Waals surface area contributed by atoms with Crippen LogP contribution in [-0.4, -0.2) is 23.4 Å². The molecule has 19 heavy (non-hydrogen) atoms. The predicted molar refractivity (Wildman–Crippen MR) is 73.2 cm³/mol. The van der Waals surface area contributed by atoms with Gasteiger partial charge >= 0.3 is 0 Å². The summed E-state index contributed by atoms with van der Waals surface area (Å²) < 4.78 is 7.02. The molecule has 1 aromatic heterocycles. The fourth-order valence-corrected chi connectivity index (χ4v) is 1.79. The molecular formula is C14H16N4O. The van der Waals surface area contributed by atoms with Crippen LogP contribution in [-0.2, 0) is 6.54 Å². The van der Waals surface area contributed by atoms with E-state index in [4.69, 9.17) is 10.00 Å². The van der Waals surface area contributed by atoms with Gasteiger partial charge in [-0.3, -0.25) is 4.68 Å². The molecule has 0 saturated carbocycles. The molecule has 0 atom stereocenters. The molecule has 1 heterocycles. The summed E-state index contributed by atoms with van der Waals surface area (Å²) in [6.45, 7) is 3.45. The Morgan fingerprint density at radius 3 is 2.95 bits per heavy atom. The van der Waals surface area contributed by atoms with E-state index in [1.54, 1.807) is 19.2 Å². The Kier molecular flexibility index (Phi) is 4.04. The van der Waals surface area contributed by atoms with Crippen molar-refractivity contribution in [3.63, 3.8) is 0 Å². The van der Waals surface area contributed by atoms with Gasteiger partial charge in [0.2, 0.25) is 0 Å². The molecule has 1 aromatic carbocycles. The Labute approximate surface area is 112 Å². The number of aryl methyl sites for hydroxylation is 1. The number of anilines is 1. The molecule has 98 valence electrons. The summed E-state index contributed by atoms with van der Waals surface area (Å²) in [5, 5.41) is 16.5. The van der Waals surface area contributed by atoms with Gasteiger partial charge in [0.25, 0.3) is 0 Å². The molecule has 0 aliphatic heterocycles. The van der Waals surface area contributed by atoms with Crippen LogP contribution in [0.1, 0.15) is 11.1 Å². The molecule has 0 bridgehead atoms. The van der Waals surface area contributed by atoms with Crippen LogP contribution in [0.15, 0.2) is 30.6 Å². The SMILES string of the molecule is COc1ccc(C#N)c(NCCn2cc(C)cn2)c1.